The Morgan fingerprint density at radius 2 is 2.24 bits per heavy atom. The standard InChI is InChI=1S/C11H13N5O4S/c1-20-10-3-2-8(21(12,18)19)4-7(10)5-13-11(17)9-6-14-16-15-9/h2-4,6H,5H2,1H3,(H,13,17)(H2,12,18,19)(H,14,15,16). The number of amides is 1. The number of nitrogens with two attached hydrogens (primary N) is 1. The first-order chi connectivity index (χ1) is 9.91. The molecule has 1 aromatic carbocycles. The van der Waals surface area contributed by atoms with Crippen molar-refractivity contribution in [3.8, 4) is 5.75 Å². The van der Waals surface area contributed by atoms with Crippen LogP contribution < -0.4 is 15.2 Å². The molecule has 0 saturated carbocycles. The summed E-state index contributed by atoms with van der Waals surface area (Å²) in [6.07, 6.45) is 1.27. The molecule has 21 heavy (non-hydrogen) atoms. The predicted octanol–water partition coefficient (Wildman–Crippen LogP) is -0.609. The Hall–Kier alpha value is -2.46. The van der Waals surface area contributed by atoms with Gasteiger partial charge in [0.05, 0.1) is 18.2 Å². The van der Waals surface area contributed by atoms with Crippen molar-refractivity contribution in [1.29, 1.82) is 0 Å². The van der Waals surface area contributed by atoms with Gasteiger partial charge in [-0.15, -0.1) is 0 Å². The van der Waals surface area contributed by atoms with Gasteiger partial charge < -0.3 is 10.1 Å². The molecule has 1 heterocycles. The molecule has 112 valence electrons. The van der Waals surface area contributed by atoms with Crippen molar-refractivity contribution in [3.05, 3.63) is 35.7 Å². The molecule has 0 atom stereocenters. The van der Waals surface area contributed by atoms with Crippen LogP contribution in [0.25, 0.3) is 0 Å². The fourth-order valence-corrected chi connectivity index (χ4v) is 2.21. The number of hydrogen-bond acceptors (Lipinski definition) is 6. The number of nitrogens with zero attached hydrogens (tertiary/aromatic N) is 2. The Morgan fingerprint density at radius 3 is 2.81 bits per heavy atom. The third kappa shape index (κ3) is 3.55. The summed E-state index contributed by atoms with van der Waals surface area (Å²) in [6.45, 7) is 0.0538. The molecule has 0 saturated heterocycles. The summed E-state index contributed by atoms with van der Waals surface area (Å²) in [5.41, 5.74) is 0.595. The fourth-order valence-electron chi connectivity index (χ4n) is 1.65. The number of primary sulfonamides is 1. The molecule has 9 nitrogen and oxygen atoms in total. The lowest BCUT2D eigenvalue weighted by molar-refractivity contribution is 0.0945. The molecule has 10 heteroatoms. The highest BCUT2D eigenvalue weighted by molar-refractivity contribution is 7.89. The van der Waals surface area contributed by atoms with Crippen molar-refractivity contribution in [2.24, 2.45) is 5.14 Å². The van der Waals surface area contributed by atoms with Gasteiger partial charge in [-0.3, -0.25) is 4.79 Å². The fraction of sp³-hybridized carbons (Fsp3) is 0.182. The predicted molar refractivity (Wildman–Crippen MR) is 71.9 cm³/mol. The van der Waals surface area contributed by atoms with Crippen LogP contribution in [0.2, 0.25) is 0 Å². The van der Waals surface area contributed by atoms with E-state index in [0.29, 0.717) is 11.3 Å². The van der Waals surface area contributed by atoms with E-state index < -0.39 is 15.9 Å². The number of H-pyrrole nitrogens is 1. The van der Waals surface area contributed by atoms with Gasteiger partial charge in [0.1, 0.15) is 5.75 Å². The minimum atomic E-state index is -3.83. The molecule has 2 aromatic rings. The number of hydrogen-bond donors (Lipinski definition) is 3. The first-order valence-corrected chi connectivity index (χ1v) is 7.30. The van der Waals surface area contributed by atoms with E-state index in [4.69, 9.17) is 9.88 Å². The van der Waals surface area contributed by atoms with Crippen LogP contribution in [0.5, 0.6) is 5.75 Å². The third-order valence-corrected chi connectivity index (χ3v) is 3.58. The van der Waals surface area contributed by atoms with Gasteiger partial charge in [0.2, 0.25) is 10.0 Å². The highest BCUT2D eigenvalue weighted by Gasteiger charge is 2.14. The van der Waals surface area contributed by atoms with Crippen LogP contribution in [0, 0.1) is 0 Å². The summed E-state index contributed by atoms with van der Waals surface area (Å²) < 4.78 is 27.8. The van der Waals surface area contributed by atoms with Crippen molar-refractivity contribution < 1.29 is 17.9 Å². The topological polar surface area (TPSA) is 140 Å². The molecule has 0 aliphatic heterocycles. The summed E-state index contributed by atoms with van der Waals surface area (Å²) in [6, 6.07) is 4.14. The zero-order chi connectivity index (χ0) is 15.5. The Balaban J connectivity index is 2.20. The molecule has 0 aliphatic rings. The smallest absolute Gasteiger partial charge is 0.273 e. The van der Waals surface area contributed by atoms with Gasteiger partial charge in [0.25, 0.3) is 5.91 Å². The van der Waals surface area contributed by atoms with Crippen molar-refractivity contribution >= 4 is 15.9 Å². The number of nitrogens with one attached hydrogen (secondary N) is 2. The highest BCUT2D eigenvalue weighted by atomic mass is 32.2. The van der Waals surface area contributed by atoms with Crippen molar-refractivity contribution in [3.63, 3.8) is 0 Å². The van der Waals surface area contributed by atoms with E-state index in [2.05, 4.69) is 20.7 Å². The number of rotatable bonds is 5. The van der Waals surface area contributed by atoms with E-state index in [1.165, 1.54) is 31.5 Å². The van der Waals surface area contributed by atoms with Crippen LogP contribution in [-0.2, 0) is 16.6 Å². The van der Waals surface area contributed by atoms with Gasteiger partial charge in [-0.05, 0) is 18.2 Å². The van der Waals surface area contributed by atoms with Crippen molar-refractivity contribution in [1.82, 2.24) is 20.7 Å². The first kappa shape index (κ1) is 14.9. The summed E-state index contributed by atoms with van der Waals surface area (Å²) in [5, 5.41) is 17.1. The van der Waals surface area contributed by atoms with Gasteiger partial charge in [-0.1, -0.05) is 0 Å². The minimum absolute atomic E-state index is 0.0538. The molecule has 0 unspecified atom stereocenters. The van der Waals surface area contributed by atoms with E-state index >= 15 is 0 Å². The quantitative estimate of drug-likeness (QED) is 0.673. The molecule has 0 fully saturated rings. The monoisotopic (exact) mass is 311 g/mol. The van der Waals surface area contributed by atoms with Crippen LogP contribution in [-0.4, -0.2) is 36.8 Å². The number of methoxy groups -OCH3 is 1. The number of carbonyl (C=O) groups is 1. The first-order valence-electron chi connectivity index (χ1n) is 5.75. The maximum Gasteiger partial charge on any atom is 0.273 e. The number of sulfonamides is 1. The number of benzene rings is 1. The molecule has 0 radical (unpaired) electrons. The van der Waals surface area contributed by atoms with Gasteiger partial charge in [-0.2, -0.15) is 15.4 Å². The van der Waals surface area contributed by atoms with E-state index in [9.17, 15) is 13.2 Å². The summed E-state index contributed by atoms with van der Waals surface area (Å²) in [4.78, 5) is 11.7. The lowest BCUT2D eigenvalue weighted by atomic mass is 10.2. The van der Waals surface area contributed by atoms with E-state index in [1.54, 1.807) is 0 Å². The second-order valence-electron chi connectivity index (χ2n) is 4.06. The zero-order valence-electron chi connectivity index (χ0n) is 11.0. The molecule has 1 amide bonds. The van der Waals surface area contributed by atoms with Crippen molar-refractivity contribution in [2.45, 2.75) is 11.4 Å². The second kappa shape index (κ2) is 5.89. The summed E-state index contributed by atoms with van der Waals surface area (Å²) in [7, 11) is -2.39. The van der Waals surface area contributed by atoms with Gasteiger partial charge in [0.15, 0.2) is 5.69 Å². The van der Waals surface area contributed by atoms with Crippen LogP contribution >= 0.6 is 0 Å². The molecular formula is C11H13N5O4S. The summed E-state index contributed by atoms with van der Waals surface area (Å²) >= 11 is 0. The molecule has 0 aliphatic carbocycles. The molecule has 1 aromatic heterocycles. The average Bonchev–Trinajstić information content (AvgIpc) is 2.97. The van der Waals surface area contributed by atoms with Crippen LogP contribution in [0.3, 0.4) is 0 Å². The molecular weight excluding hydrogens is 298 g/mol. The van der Waals surface area contributed by atoms with E-state index in [-0.39, 0.29) is 17.1 Å². The molecule has 0 spiro atoms. The van der Waals surface area contributed by atoms with Gasteiger partial charge in [-0.25, -0.2) is 13.6 Å². The number of aromatic amines is 1. The Morgan fingerprint density at radius 1 is 1.48 bits per heavy atom. The highest BCUT2D eigenvalue weighted by Crippen LogP contribution is 2.21. The largest absolute Gasteiger partial charge is 0.496 e. The van der Waals surface area contributed by atoms with E-state index in [1.807, 2.05) is 0 Å². The van der Waals surface area contributed by atoms with Crippen LogP contribution in [0.15, 0.2) is 29.3 Å². The zero-order valence-corrected chi connectivity index (χ0v) is 11.8. The second-order valence-corrected chi connectivity index (χ2v) is 5.62. The van der Waals surface area contributed by atoms with Gasteiger partial charge in [0, 0.05) is 12.1 Å². The van der Waals surface area contributed by atoms with E-state index in [0.717, 1.165) is 0 Å². The number of aromatic nitrogens is 3. The average molecular weight is 311 g/mol. The van der Waals surface area contributed by atoms with Crippen molar-refractivity contribution in [2.75, 3.05) is 7.11 Å². The summed E-state index contributed by atoms with van der Waals surface area (Å²) in [5.74, 6) is -0.0188. The lowest BCUT2D eigenvalue weighted by Gasteiger charge is -2.10. The Labute approximate surface area is 120 Å². The molecule has 0 bridgehead atoms. The SMILES string of the molecule is COc1ccc(S(N)(=O)=O)cc1CNC(=O)c1cn[nH]n1. The minimum Gasteiger partial charge on any atom is -0.496 e. The maximum absolute atomic E-state index is 11.7. The van der Waals surface area contributed by atoms with Crippen LogP contribution in [0.4, 0.5) is 0 Å². The third-order valence-electron chi connectivity index (χ3n) is 2.67. The molecule has 4 N–H and O–H groups in total. The molecule has 2 rings (SSSR count). The Kier molecular flexibility index (Phi) is 4.19. The normalized spacial score (nSPS) is 11.1. The lowest BCUT2D eigenvalue weighted by Crippen LogP contribution is -2.23. The Bertz CT molecular complexity index is 742. The van der Waals surface area contributed by atoms with Crippen LogP contribution in [0.1, 0.15) is 16.1 Å². The van der Waals surface area contributed by atoms with Gasteiger partial charge >= 0.3 is 0 Å². The number of carbonyl (C=O) groups excluding carboxylic acids is 1. The maximum atomic E-state index is 11.7. The number of ether oxygens (including phenoxy) is 1.